The van der Waals surface area contributed by atoms with Gasteiger partial charge in [0, 0.05) is 10.6 Å². The van der Waals surface area contributed by atoms with Crippen molar-refractivity contribution in [2.45, 2.75) is 31.5 Å². The molecule has 0 spiro atoms. The van der Waals surface area contributed by atoms with Crippen LogP contribution in [0.5, 0.6) is 5.88 Å². The summed E-state index contributed by atoms with van der Waals surface area (Å²) < 4.78 is 1.32. The first-order chi connectivity index (χ1) is 11.2. The van der Waals surface area contributed by atoms with Crippen molar-refractivity contribution in [1.29, 1.82) is 0 Å². The highest BCUT2D eigenvalue weighted by atomic mass is 35.5. The molecule has 1 heterocycles. The van der Waals surface area contributed by atoms with Gasteiger partial charge in [0.2, 0.25) is 11.8 Å². The lowest BCUT2D eigenvalue weighted by molar-refractivity contribution is -0.119. The molecule has 0 aliphatic rings. The van der Waals surface area contributed by atoms with Crippen LogP contribution >= 0.6 is 23.4 Å². The Kier molecular flexibility index (Phi) is 5.56. The number of nitrogens with one attached hydrogen (secondary N) is 1. The minimum Gasteiger partial charge on any atom is -0.493 e. The van der Waals surface area contributed by atoms with Gasteiger partial charge in [0.05, 0.1) is 17.5 Å². The minimum absolute atomic E-state index is 0.0702. The number of hydrogen-bond donors (Lipinski definition) is 2. The molecule has 0 aliphatic heterocycles. The highest BCUT2D eigenvalue weighted by molar-refractivity contribution is 7.99. The predicted octanol–water partition coefficient (Wildman–Crippen LogP) is 2.60. The zero-order valence-corrected chi connectivity index (χ0v) is 15.1. The van der Waals surface area contributed by atoms with E-state index in [1.54, 1.807) is 24.3 Å². The lowest BCUT2D eigenvalue weighted by Gasteiger charge is -2.20. The van der Waals surface area contributed by atoms with E-state index >= 15 is 0 Å². The van der Waals surface area contributed by atoms with Crippen LogP contribution in [0.25, 0.3) is 5.69 Å². The summed E-state index contributed by atoms with van der Waals surface area (Å²) in [6, 6.07) is 7.66. The molecule has 2 N–H and O–H groups in total. The van der Waals surface area contributed by atoms with Crippen molar-refractivity contribution < 1.29 is 9.90 Å². The van der Waals surface area contributed by atoms with Gasteiger partial charge in [0.15, 0.2) is 5.16 Å². The predicted molar refractivity (Wildman–Crippen MR) is 95.1 cm³/mol. The monoisotopic (exact) mass is 367 g/mol. The molecule has 0 bridgehead atoms. The van der Waals surface area contributed by atoms with Crippen LogP contribution in [0.15, 0.2) is 40.3 Å². The molecule has 0 saturated carbocycles. The number of rotatable bonds is 4. The molecule has 128 valence electrons. The van der Waals surface area contributed by atoms with Gasteiger partial charge in [-0.1, -0.05) is 23.4 Å². The van der Waals surface area contributed by atoms with Crippen LogP contribution in [0.3, 0.4) is 0 Å². The highest BCUT2D eigenvalue weighted by Gasteiger charge is 2.16. The number of thioether (sulfide) groups is 1. The van der Waals surface area contributed by atoms with E-state index in [0.29, 0.717) is 10.7 Å². The summed E-state index contributed by atoms with van der Waals surface area (Å²) in [6.07, 6.45) is 0. The second-order valence-electron chi connectivity index (χ2n) is 6.13. The zero-order valence-electron chi connectivity index (χ0n) is 13.5. The van der Waals surface area contributed by atoms with Crippen molar-refractivity contribution in [1.82, 2.24) is 14.9 Å². The summed E-state index contributed by atoms with van der Waals surface area (Å²) >= 11 is 6.94. The van der Waals surface area contributed by atoms with E-state index in [4.69, 9.17) is 11.6 Å². The Bertz CT molecular complexity index is 798. The van der Waals surface area contributed by atoms with Crippen molar-refractivity contribution in [3.8, 4) is 11.6 Å². The molecule has 1 aromatic carbocycles. The fourth-order valence-electron chi connectivity index (χ4n) is 1.96. The SMILES string of the molecule is CC(C)(C)NC(=O)CSc1nc(O)cc(=O)n1-c1ccc(Cl)cc1. The second-order valence-corrected chi connectivity index (χ2v) is 7.51. The Hall–Kier alpha value is -1.99. The quantitative estimate of drug-likeness (QED) is 0.641. The number of benzene rings is 1. The molecule has 8 heteroatoms. The molecule has 0 unspecified atom stereocenters. The van der Waals surface area contributed by atoms with Gasteiger partial charge in [0.25, 0.3) is 5.56 Å². The molecule has 2 aromatic rings. The average molecular weight is 368 g/mol. The Morgan fingerprint density at radius 3 is 2.54 bits per heavy atom. The number of hydrogen-bond acceptors (Lipinski definition) is 5. The third-order valence-corrected chi connectivity index (χ3v) is 4.00. The third-order valence-electron chi connectivity index (χ3n) is 2.81. The first kappa shape index (κ1) is 18.4. The normalized spacial score (nSPS) is 11.3. The zero-order chi connectivity index (χ0) is 17.9. The number of halogens is 1. The molecule has 24 heavy (non-hydrogen) atoms. The average Bonchev–Trinajstić information content (AvgIpc) is 2.44. The van der Waals surface area contributed by atoms with Crippen molar-refractivity contribution in [2.75, 3.05) is 5.75 Å². The van der Waals surface area contributed by atoms with E-state index < -0.39 is 5.56 Å². The maximum Gasteiger partial charge on any atom is 0.262 e. The molecule has 0 saturated heterocycles. The molecule has 6 nitrogen and oxygen atoms in total. The van der Waals surface area contributed by atoms with E-state index in [1.165, 1.54) is 4.57 Å². The van der Waals surface area contributed by atoms with Gasteiger partial charge in [0.1, 0.15) is 0 Å². The first-order valence-electron chi connectivity index (χ1n) is 7.18. The van der Waals surface area contributed by atoms with Crippen molar-refractivity contribution in [2.24, 2.45) is 0 Å². The Morgan fingerprint density at radius 1 is 1.33 bits per heavy atom. The molecule has 0 radical (unpaired) electrons. The maximum atomic E-state index is 12.2. The Balaban J connectivity index is 2.31. The molecule has 0 atom stereocenters. The summed E-state index contributed by atoms with van der Waals surface area (Å²) in [6.45, 7) is 5.64. The standard InChI is InChI=1S/C16H18ClN3O3S/c1-16(2,3)19-13(22)9-24-15-18-12(21)8-14(23)20(15)11-6-4-10(17)5-7-11/h4-8,21H,9H2,1-3H3,(H,19,22). The summed E-state index contributed by atoms with van der Waals surface area (Å²) in [5.74, 6) is -0.502. The molecule has 0 fully saturated rings. The molecule has 1 amide bonds. The Labute approximate surface area is 148 Å². The van der Waals surface area contributed by atoms with Crippen molar-refractivity contribution >= 4 is 29.3 Å². The molecule has 1 aromatic heterocycles. The van der Waals surface area contributed by atoms with Crippen molar-refractivity contribution in [3.05, 3.63) is 45.7 Å². The van der Waals surface area contributed by atoms with Gasteiger partial charge in [-0.15, -0.1) is 0 Å². The van der Waals surface area contributed by atoms with Crippen molar-refractivity contribution in [3.63, 3.8) is 0 Å². The van der Waals surface area contributed by atoms with Gasteiger partial charge >= 0.3 is 0 Å². The van der Waals surface area contributed by atoms with E-state index in [2.05, 4.69) is 10.3 Å². The van der Waals surface area contributed by atoms with Crippen LogP contribution < -0.4 is 10.9 Å². The van der Waals surface area contributed by atoms with Gasteiger partial charge in [-0.25, -0.2) is 0 Å². The van der Waals surface area contributed by atoms with Crippen LogP contribution in [0.2, 0.25) is 5.02 Å². The number of carbonyl (C=O) groups is 1. The van der Waals surface area contributed by atoms with E-state index in [0.717, 1.165) is 17.8 Å². The number of nitrogens with zero attached hydrogens (tertiary/aromatic N) is 2. The summed E-state index contributed by atoms with van der Waals surface area (Å²) in [5, 5.41) is 13.2. The van der Waals surface area contributed by atoms with Gasteiger partial charge in [-0.05, 0) is 45.0 Å². The van der Waals surface area contributed by atoms with Crippen LogP contribution in [0.4, 0.5) is 0 Å². The first-order valence-corrected chi connectivity index (χ1v) is 8.55. The lowest BCUT2D eigenvalue weighted by atomic mass is 10.1. The van der Waals surface area contributed by atoms with E-state index in [-0.39, 0.29) is 28.2 Å². The number of aromatic nitrogens is 2. The minimum atomic E-state index is -0.441. The number of carbonyl (C=O) groups excluding carboxylic acids is 1. The van der Waals surface area contributed by atoms with Crippen LogP contribution in [0, 0.1) is 0 Å². The second kappa shape index (κ2) is 7.27. The van der Waals surface area contributed by atoms with Gasteiger partial charge in [-0.2, -0.15) is 4.98 Å². The molecular weight excluding hydrogens is 350 g/mol. The summed E-state index contributed by atoms with van der Waals surface area (Å²) in [5.41, 5.74) is -0.237. The van der Waals surface area contributed by atoms with Gasteiger partial charge in [-0.3, -0.25) is 14.2 Å². The maximum absolute atomic E-state index is 12.2. The van der Waals surface area contributed by atoms with Crippen LogP contribution in [-0.4, -0.2) is 31.9 Å². The highest BCUT2D eigenvalue weighted by Crippen LogP contribution is 2.21. The largest absolute Gasteiger partial charge is 0.493 e. The fraction of sp³-hybridized carbons (Fsp3) is 0.312. The smallest absolute Gasteiger partial charge is 0.262 e. The fourth-order valence-corrected chi connectivity index (χ4v) is 2.90. The Morgan fingerprint density at radius 2 is 1.96 bits per heavy atom. The lowest BCUT2D eigenvalue weighted by Crippen LogP contribution is -2.41. The topological polar surface area (TPSA) is 84.2 Å². The third kappa shape index (κ3) is 5.01. The molecule has 2 rings (SSSR count). The van der Waals surface area contributed by atoms with E-state index in [1.807, 2.05) is 20.8 Å². The molecular formula is C16H18ClN3O3S. The number of aromatic hydroxyl groups is 1. The summed E-state index contributed by atoms with van der Waals surface area (Å²) in [7, 11) is 0. The van der Waals surface area contributed by atoms with E-state index in [9.17, 15) is 14.7 Å². The van der Waals surface area contributed by atoms with Gasteiger partial charge < -0.3 is 10.4 Å². The number of amides is 1. The molecule has 0 aliphatic carbocycles. The van der Waals surface area contributed by atoms with Crippen LogP contribution in [-0.2, 0) is 4.79 Å². The van der Waals surface area contributed by atoms with Crippen LogP contribution in [0.1, 0.15) is 20.8 Å². The summed E-state index contributed by atoms with van der Waals surface area (Å²) in [4.78, 5) is 28.2.